The van der Waals surface area contributed by atoms with Gasteiger partial charge in [0.1, 0.15) is 0 Å². The van der Waals surface area contributed by atoms with E-state index < -0.39 is 0 Å². The van der Waals surface area contributed by atoms with Crippen LogP contribution in [-0.2, 0) is 6.42 Å². The van der Waals surface area contributed by atoms with Crippen LogP contribution in [0.25, 0.3) is 0 Å². The summed E-state index contributed by atoms with van der Waals surface area (Å²) in [6.45, 7) is 3.59. The van der Waals surface area contributed by atoms with Crippen molar-refractivity contribution in [1.82, 2.24) is 4.90 Å². The van der Waals surface area contributed by atoms with Gasteiger partial charge in [0.15, 0.2) is 0 Å². The number of rotatable bonds is 3. The van der Waals surface area contributed by atoms with E-state index in [1.165, 1.54) is 43.4 Å². The van der Waals surface area contributed by atoms with Gasteiger partial charge in [0.05, 0.1) is 0 Å². The van der Waals surface area contributed by atoms with Crippen LogP contribution in [0.2, 0.25) is 0 Å². The average molecular weight is 258 g/mol. The van der Waals surface area contributed by atoms with Crippen molar-refractivity contribution in [2.45, 2.75) is 44.7 Å². The van der Waals surface area contributed by atoms with Crippen molar-refractivity contribution in [1.29, 1.82) is 0 Å². The molecule has 0 bridgehead atoms. The molecule has 2 aliphatic carbocycles. The SMILES string of the molecule is CC1CC1CN(C)C1CCCc2ccccc2C1N. The van der Waals surface area contributed by atoms with E-state index in [-0.39, 0.29) is 6.04 Å². The highest BCUT2D eigenvalue weighted by Gasteiger charge is 2.36. The van der Waals surface area contributed by atoms with E-state index in [1.807, 2.05) is 0 Å². The van der Waals surface area contributed by atoms with Crippen LogP contribution in [0.5, 0.6) is 0 Å². The fourth-order valence-corrected chi connectivity index (χ4v) is 3.63. The number of nitrogens with zero attached hydrogens (tertiary/aromatic N) is 1. The molecular weight excluding hydrogens is 232 g/mol. The maximum atomic E-state index is 6.58. The van der Waals surface area contributed by atoms with Gasteiger partial charge in [-0.3, -0.25) is 0 Å². The van der Waals surface area contributed by atoms with E-state index in [0.717, 1.165) is 11.8 Å². The van der Waals surface area contributed by atoms with E-state index in [2.05, 4.69) is 43.1 Å². The van der Waals surface area contributed by atoms with E-state index >= 15 is 0 Å². The highest BCUT2D eigenvalue weighted by Crippen LogP contribution is 2.39. The molecule has 1 aromatic rings. The van der Waals surface area contributed by atoms with Crippen LogP contribution in [-0.4, -0.2) is 24.5 Å². The van der Waals surface area contributed by atoms with Gasteiger partial charge in [-0.1, -0.05) is 31.2 Å². The highest BCUT2D eigenvalue weighted by molar-refractivity contribution is 5.32. The van der Waals surface area contributed by atoms with E-state index in [4.69, 9.17) is 5.73 Å². The molecule has 0 saturated heterocycles. The predicted molar refractivity (Wildman–Crippen MR) is 80.0 cm³/mol. The molecule has 2 aliphatic rings. The Labute approximate surface area is 117 Å². The molecule has 1 fully saturated rings. The molecule has 0 heterocycles. The summed E-state index contributed by atoms with van der Waals surface area (Å²) in [4.78, 5) is 2.53. The molecule has 2 nitrogen and oxygen atoms in total. The number of benzene rings is 1. The van der Waals surface area contributed by atoms with Gasteiger partial charge >= 0.3 is 0 Å². The van der Waals surface area contributed by atoms with Gasteiger partial charge in [-0.15, -0.1) is 0 Å². The first-order valence-electron chi connectivity index (χ1n) is 7.70. The first-order valence-corrected chi connectivity index (χ1v) is 7.70. The minimum atomic E-state index is 0.178. The number of hydrogen-bond acceptors (Lipinski definition) is 2. The molecule has 1 aromatic carbocycles. The Balaban J connectivity index is 1.75. The molecule has 19 heavy (non-hydrogen) atoms. The van der Waals surface area contributed by atoms with E-state index in [0.29, 0.717) is 6.04 Å². The van der Waals surface area contributed by atoms with E-state index in [9.17, 15) is 0 Å². The Bertz CT molecular complexity index is 443. The van der Waals surface area contributed by atoms with Gasteiger partial charge in [-0.2, -0.15) is 0 Å². The smallest absolute Gasteiger partial charge is 0.0455 e. The monoisotopic (exact) mass is 258 g/mol. The topological polar surface area (TPSA) is 29.3 Å². The Morgan fingerprint density at radius 2 is 2.05 bits per heavy atom. The van der Waals surface area contributed by atoms with Crippen molar-refractivity contribution >= 4 is 0 Å². The second-order valence-electron chi connectivity index (χ2n) is 6.60. The summed E-state index contributed by atoms with van der Waals surface area (Å²) < 4.78 is 0. The Hall–Kier alpha value is -0.860. The van der Waals surface area contributed by atoms with Gasteiger partial charge in [0, 0.05) is 18.6 Å². The fourth-order valence-electron chi connectivity index (χ4n) is 3.63. The molecule has 1 saturated carbocycles. The summed E-state index contributed by atoms with van der Waals surface area (Å²) in [5.74, 6) is 1.84. The molecule has 0 spiro atoms. The van der Waals surface area contributed by atoms with Crippen molar-refractivity contribution in [3.63, 3.8) is 0 Å². The number of hydrogen-bond donors (Lipinski definition) is 1. The second kappa shape index (κ2) is 5.26. The van der Waals surface area contributed by atoms with Crippen LogP contribution in [0.4, 0.5) is 0 Å². The second-order valence-corrected chi connectivity index (χ2v) is 6.60. The minimum Gasteiger partial charge on any atom is -0.323 e. The Kier molecular flexibility index (Phi) is 3.64. The van der Waals surface area contributed by atoms with Crippen LogP contribution < -0.4 is 5.73 Å². The van der Waals surface area contributed by atoms with Crippen molar-refractivity contribution in [2.75, 3.05) is 13.6 Å². The molecule has 4 unspecified atom stereocenters. The summed E-state index contributed by atoms with van der Waals surface area (Å²) in [5, 5.41) is 0. The summed E-state index contributed by atoms with van der Waals surface area (Å²) in [7, 11) is 2.27. The normalized spacial score (nSPS) is 33.9. The molecule has 0 amide bonds. The quantitative estimate of drug-likeness (QED) is 0.845. The largest absolute Gasteiger partial charge is 0.323 e. The average Bonchev–Trinajstić information content (AvgIpc) is 3.12. The maximum absolute atomic E-state index is 6.58. The van der Waals surface area contributed by atoms with Crippen LogP contribution in [0, 0.1) is 11.8 Å². The fraction of sp³-hybridized carbons (Fsp3) is 0.647. The Morgan fingerprint density at radius 1 is 1.32 bits per heavy atom. The van der Waals surface area contributed by atoms with Crippen molar-refractivity contribution in [3.8, 4) is 0 Å². The first-order chi connectivity index (χ1) is 9.16. The van der Waals surface area contributed by atoms with Gasteiger partial charge in [0.25, 0.3) is 0 Å². The van der Waals surface area contributed by atoms with E-state index in [1.54, 1.807) is 0 Å². The zero-order chi connectivity index (χ0) is 13.4. The van der Waals surface area contributed by atoms with Gasteiger partial charge in [0.2, 0.25) is 0 Å². The third kappa shape index (κ3) is 2.70. The lowest BCUT2D eigenvalue weighted by Gasteiger charge is -2.32. The van der Waals surface area contributed by atoms with Gasteiger partial charge in [-0.25, -0.2) is 0 Å². The van der Waals surface area contributed by atoms with Crippen LogP contribution in [0.1, 0.15) is 43.4 Å². The van der Waals surface area contributed by atoms with Crippen LogP contribution >= 0.6 is 0 Å². The van der Waals surface area contributed by atoms with Crippen molar-refractivity contribution in [2.24, 2.45) is 17.6 Å². The van der Waals surface area contributed by atoms with Crippen molar-refractivity contribution < 1.29 is 0 Å². The standard InChI is InChI=1S/C17H26N2/c1-12-10-14(12)11-19(2)16-9-5-7-13-6-3-4-8-15(13)17(16)18/h3-4,6,8,12,14,16-17H,5,7,9-11,18H2,1-2H3. The van der Waals surface area contributed by atoms with Gasteiger partial charge < -0.3 is 10.6 Å². The highest BCUT2D eigenvalue weighted by atomic mass is 15.2. The van der Waals surface area contributed by atoms with Crippen LogP contribution in [0.3, 0.4) is 0 Å². The molecule has 3 rings (SSSR count). The zero-order valence-corrected chi connectivity index (χ0v) is 12.2. The molecular formula is C17H26N2. The lowest BCUT2D eigenvalue weighted by Crippen LogP contribution is -2.41. The maximum Gasteiger partial charge on any atom is 0.0455 e. The minimum absolute atomic E-state index is 0.178. The summed E-state index contributed by atoms with van der Waals surface area (Å²) in [5.41, 5.74) is 9.42. The first kappa shape index (κ1) is 13.1. The summed E-state index contributed by atoms with van der Waals surface area (Å²) >= 11 is 0. The summed E-state index contributed by atoms with van der Waals surface area (Å²) in [6, 6.07) is 9.44. The third-order valence-electron chi connectivity index (χ3n) is 5.14. The number of nitrogens with two attached hydrogens (primary N) is 1. The summed E-state index contributed by atoms with van der Waals surface area (Å²) in [6.07, 6.45) is 5.09. The molecule has 4 atom stereocenters. The molecule has 2 heteroatoms. The molecule has 2 N–H and O–H groups in total. The molecule has 0 radical (unpaired) electrons. The lowest BCUT2D eigenvalue weighted by molar-refractivity contribution is 0.191. The zero-order valence-electron chi connectivity index (χ0n) is 12.2. The Morgan fingerprint density at radius 3 is 2.79 bits per heavy atom. The molecule has 0 aliphatic heterocycles. The lowest BCUT2D eigenvalue weighted by atomic mass is 9.96. The number of likely N-dealkylation sites (N-methyl/N-ethyl adjacent to an activating group) is 1. The van der Waals surface area contributed by atoms with Gasteiger partial charge in [-0.05, 0) is 55.7 Å². The molecule has 104 valence electrons. The molecule has 0 aromatic heterocycles. The third-order valence-corrected chi connectivity index (χ3v) is 5.14. The number of fused-ring (bicyclic) bond motifs is 1. The van der Waals surface area contributed by atoms with Crippen LogP contribution in [0.15, 0.2) is 24.3 Å². The van der Waals surface area contributed by atoms with Crippen molar-refractivity contribution in [3.05, 3.63) is 35.4 Å². The number of aryl methyl sites for hydroxylation is 1. The predicted octanol–water partition coefficient (Wildman–Crippen LogP) is 2.98.